The van der Waals surface area contributed by atoms with Crippen LogP contribution >= 0.6 is 0 Å². The highest BCUT2D eigenvalue weighted by molar-refractivity contribution is 4.94. The highest BCUT2D eigenvalue weighted by Crippen LogP contribution is 2.19. The predicted octanol–water partition coefficient (Wildman–Crippen LogP) is 2.27. The quantitative estimate of drug-likeness (QED) is 0.716. The fraction of sp³-hybridized carbons (Fsp3) is 0.846. The molecule has 0 radical (unpaired) electrons. The zero-order valence-electron chi connectivity index (χ0n) is 10.7. The van der Waals surface area contributed by atoms with Crippen LogP contribution in [0.2, 0.25) is 0 Å². The van der Waals surface area contributed by atoms with Crippen LogP contribution in [0.5, 0.6) is 0 Å². The van der Waals surface area contributed by atoms with Crippen molar-refractivity contribution in [2.75, 3.05) is 13.1 Å². The fourth-order valence-electron chi connectivity index (χ4n) is 2.35. The van der Waals surface area contributed by atoms with Gasteiger partial charge in [-0.15, -0.1) is 6.58 Å². The molecule has 2 nitrogen and oxygen atoms in total. The van der Waals surface area contributed by atoms with Crippen molar-refractivity contribution in [2.24, 2.45) is 5.92 Å². The van der Waals surface area contributed by atoms with Crippen LogP contribution in [0, 0.1) is 5.92 Å². The predicted molar refractivity (Wildman–Crippen MR) is 67.1 cm³/mol. The van der Waals surface area contributed by atoms with Crippen LogP contribution in [0.4, 0.5) is 0 Å². The molecule has 3 unspecified atom stereocenters. The first-order chi connectivity index (χ1) is 7.10. The van der Waals surface area contributed by atoms with Gasteiger partial charge in [-0.05, 0) is 19.3 Å². The SMILES string of the molecule is C=CC(C)N1CC(CC)NCC1C(C)C. The van der Waals surface area contributed by atoms with Crippen LogP contribution in [0.1, 0.15) is 34.1 Å². The van der Waals surface area contributed by atoms with Gasteiger partial charge in [0.1, 0.15) is 0 Å². The van der Waals surface area contributed by atoms with Gasteiger partial charge in [-0.25, -0.2) is 0 Å². The Kier molecular flexibility index (Phi) is 4.81. The van der Waals surface area contributed by atoms with Crippen LogP contribution in [0.15, 0.2) is 12.7 Å². The lowest BCUT2D eigenvalue weighted by Crippen LogP contribution is -2.60. The van der Waals surface area contributed by atoms with E-state index in [2.05, 4.69) is 50.6 Å². The maximum absolute atomic E-state index is 3.92. The lowest BCUT2D eigenvalue weighted by atomic mass is 9.96. The van der Waals surface area contributed by atoms with Crippen molar-refractivity contribution in [3.63, 3.8) is 0 Å². The third kappa shape index (κ3) is 3.05. The van der Waals surface area contributed by atoms with E-state index in [1.54, 1.807) is 0 Å². The van der Waals surface area contributed by atoms with Crippen molar-refractivity contribution in [3.05, 3.63) is 12.7 Å². The Morgan fingerprint density at radius 3 is 2.60 bits per heavy atom. The average Bonchev–Trinajstić information content (AvgIpc) is 2.26. The summed E-state index contributed by atoms with van der Waals surface area (Å²) in [5.41, 5.74) is 0. The van der Waals surface area contributed by atoms with Crippen LogP contribution in [-0.4, -0.2) is 36.1 Å². The second-order valence-corrected chi connectivity index (χ2v) is 5.00. The largest absolute Gasteiger partial charge is 0.311 e. The topological polar surface area (TPSA) is 15.3 Å². The minimum Gasteiger partial charge on any atom is -0.311 e. The molecular weight excluding hydrogens is 184 g/mol. The van der Waals surface area contributed by atoms with Crippen LogP contribution in [-0.2, 0) is 0 Å². The van der Waals surface area contributed by atoms with Gasteiger partial charge in [0, 0.05) is 31.2 Å². The van der Waals surface area contributed by atoms with Crippen LogP contribution < -0.4 is 5.32 Å². The molecule has 15 heavy (non-hydrogen) atoms. The average molecular weight is 210 g/mol. The first kappa shape index (κ1) is 12.7. The normalized spacial score (nSPS) is 30.5. The maximum Gasteiger partial charge on any atom is 0.0251 e. The number of nitrogens with one attached hydrogen (secondary N) is 1. The molecule has 0 amide bonds. The number of piperazine rings is 1. The molecule has 1 fully saturated rings. The highest BCUT2D eigenvalue weighted by Gasteiger charge is 2.30. The molecule has 88 valence electrons. The lowest BCUT2D eigenvalue weighted by molar-refractivity contribution is 0.0784. The number of nitrogens with zero attached hydrogens (tertiary/aromatic N) is 1. The van der Waals surface area contributed by atoms with Gasteiger partial charge >= 0.3 is 0 Å². The van der Waals surface area contributed by atoms with Gasteiger partial charge < -0.3 is 5.32 Å². The van der Waals surface area contributed by atoms with E-state index in [-0.39, 0.29) is 0 Å². The Morgan fingerprint density at radius 2 is 2.13 bits per heavy atom. The summed E-state index contributed by atoms with van der Waals surface area (Å²) in [4.78, 5) is 2.60. The summed E-state index contributed by atoms with van der Waals surface area (Å²) in [5.74, 6) is 0.706. The standard InChI is InChI=1S/C13H26N2/c1-6-11(5)15-9-12(7-2)14-8-13(15)10(3)4/h6,10-14H,1,7-9H2,2-5H3. The third-order valence-electron chi connectivity index (χ3n) is 3.60. The van der Waals surface area contributed by atoms with E-state index >= 15 is 0 Å². The summed E-state index contributed by atoms with van der Waals surface area (Å²) in [6, 6.07) is 1.80. The Balaban J connectivity index is 2.68. The van der Waals surface area contributed by atoms with Crippen molar-refractivity contribution in [1.82, 2.24) is 10.2 Å². The first-order valence-corrected chi connectivity index (χ1v) is 6.21. The molecule has 1 rings (SSSR count). The Hall–Kier alpha value is -0.340. The smallest absolute Gasteiger partial charge is 0.0251 e. The summed E-state index contributed by atoms with van der Waals surface area (Å²) in [7, 11) is 0. The Morgan fingerprint density at radius 1 is 1.47 bits per heavy atom. The van der Waals surface area contributed by atoms with Gasteiger partial charge in [0.15, 0.2) is 0 Å². The highest BCUT2D eigenvalue weighted by atomic mass is 15.3. The molecule has 0 saturated carbocycles. The Labute approximate surface area is 94.7 Å². The zero-order chi connectivity index (χ0) is 11.4. The van der Waals surface area contributed by atoms with Gasteiger partial charge in [-0.1, -0.05) is 26.8 Å². The van der Waals surface area contributed by atoms with Gasteiger partial charge in [-0.3, -0.25) is 4.90 Å². The molecule has 0 spiro atoms. The Bertz CT molecular complexity index is 201. The number of hydrogen-bond donors (Lipinski definition) is 1. The van der Waals surface area contributed by atoms with E-state index in [1.807, 2.05) is 0 Å². The summed E-state index contributed by atoms with van der Waals surface area (Å²) in [6.45, 7) is 15.3. The van der Waals surface area contributed by atoms with Crippen molar-refractivity contribution >= 4 is 0 Å². The minimum atomic E-state index is 0.494. The van der Waals surface area contributed by atoms with Gasteiger partial charge in [0.05, 0.1) is 0 Å². The summed E-state index contributed by atoms with van der Waals surface area (Å²) < 4.78 is 0. The first-order valence-electron chi connectivity index (χ1n) is 6.21. The molecule has 3 atom stereocenters. The summed E-state index contributed by atoms with van der Waals surface area (Å²) >= 11 is 0. The van der Waals surface area contributed by atoms with E-state index in [9.17, 15) is 0 Å². The number of rotatable bonds is 4. The minimum absolute atomic E-state index is 0.494. The molecule has 0 aromatic carbocycles. The van der Waals surface area contributed by atoms with E-state index < -0.39 is 0 Å². The van der Waals surface area contributed by atoms with Gasteiger partial charge in [0.2, 0.25) is 0 Å². The monoisotopic (exact) mass is 210 g/mol. The summed E-state index contributed by atoms with van der Waals surface area (Å²) in [6.07, 6.45) is 3.28. The zero-order valence-corrected chi connectivity index (χ0v) is 10.7. The van der Waals surface area contributed by atoms with Crippen LogP contribution in [0.3, 0.4) is 0 Å². The number of hydrogen-bond acceptors (Lipinski definition) is 2. The molecule has 1 aliphatic rings. The maximum atomic E-state index is 3.92. The summed E-state index contributed by atoms with van der Waals surface area (Å²) in [5, 5.41) is 3.63. The molecule has 0 aliphatic carbocycles. The van der Waals surface area contributed by atoms with Crippen molar-refractivity contribution < 1.29 is 0 Å². The molecule has 1 heterocycles. The van der Waals surface area contributed by atoms with E-state index in [0.29, 0.717) is 24.0 Å². The molecule has 0 aromatic rings. The second-order valence-electron chi connectivity index (χ2n) is 5.00. The third-order valence-corrected chi connectivity index (χ3v) is 3.60. The van der Waals surface area contributed by atoms with Gasteiger partial charge in [-0.2, -0.15) is 0 Å². The molecule has 1 aliphatic heterocycles. The second kappa shape index (κ2) is 5.66. The lowest BCUT2D eigenvalue weighted by Gasteiger charge is -2.44. The molecule has 1 saturated heterocycles. The van der Waals surface area contributed by atoms with Crippen molar-refractivity contribution in [2.45, 2.75) is 52.2 Å². The van der Waals surface area contributed by atoms with E-state index in [4.69, 9.17) is 0 Å². The van der Waals surface area contributed by atoms with E-state index in [0.717, 1.165) is 13.1 Å². The molecule has 0 bridgehead atoms. The van der Waals surface area contributed by atoms with Crippen molar-refractivity contribution in [1.29, 1.82) is 0 Å². The van der Waals surface area contributed by atoms with E-state index in [1.165, 1.54) is 6.42 Å². The molecule has 1 N–H and O–H groups in total. The molecule has 2 heteroatoms. The molecule has 0 aromatic heterocycles. The van der Waals surface area contributed by atoms with Crippen LogP contribution in [0.25, 0.3) is 0 Å². The fourth-order valence-corrected chi connectivity index (χ4v) is 2.35. The molecular formula is C13H26N2. The van der Waals surface area contributed by atoms with Gasteiger partial charge in [0.25, 0.3) is 0 Å². The van der Waals surface area contributed by atoms with Crippen molar-refractivity contribution in [3.8, 4) is 0 Å².